The average molecular weight is 369 g/mol. The number of amides is 2. The summed E-state index contributed by atoms with van der Waals surface area (Å²) in [5.41, 5.74) is -0.389. The molecule has 1 spiro atoms. The normalized spacial score (nSPS) is 31.7. The lowest BCUT2D eigenvalue weighted by molar-refractivity contribution is -0.150. The smallest absolute Gasteiger partial charge is 0.292 e. The van der Waals surface area contributed by atoms with E-state index < -0.39 is 28.6 Å². The van der Waals surface area contributed by atoms with Crippen molar-refractivity contribution in [2.45, 2.75) is 38.0 Å². The highest BCUT2D eigenvalue weighted by Gasteiger charge is 2.76. The summed E-state index contributed by atoms with van der Waals surface area (Å²) in [6, 6.07) is 6.55. The van der Waals surface area contributed by atoms with Crippen LogP contribution in [0, 0.1) is 5.41 Å². The summed E-state index contributed by atoms with van der Waals surface area (Å²) in [6.07, 6.45) is 3.50. The molecular formula is C20H23N3O4. The Morgan fingerprint density at radius 1 is 1.33 bits per heavy atom. The van der Waals surface area contributed by atoms with Gasteiger partial charge in [-0.2, -0.15) is 0 Å². The Hall–Kier alpha value is -2.80. The van der Waals surface area contributed by atoms with Crippen molar-refractivity contribution in [3.8, 4) is 0 Å². The monoisotopic (exact) mass is 369 g/mol. The second-order valence-electron chi connectivity index (χ2n) is 7.79. The zero-order valence-corrected chi connectivity index (χ0v) is 15.8. The summed E-state index contributed by atoms with van der Waals surface area (Å²) in [5, 5.41) is 15.2. The van der Waals surface area contributed by atoms with Gasteiger partial charge in [-0.1, -0.05) is 38.1 Å². The second kappa shape index (κ2) is 5.13. The molecule has 7 nitrogen and oxygen atoms in total. The zero-order chi connectivity index (χ0) is 19.8. The Morgan fingerprint density at radius 2 is 2.00 bits per heavy atom. The first-order valence-corrected chi connectivity index (χ1v) is 8.84. The van der Waals surface area contributed by atoms with Crippen LogP contribution in [-0.2, 0) is 19.7 Å². The largest absolute Gasteiger partial charge is 0.491 e. The van der Waals surface area contributed by atoms with Crippen LogP contribution in [-0.4, -0.2) is 40.9 Å². The summed E-state index contributed by atoms with van der Waals surface area (Å²) in [5.74, 6) is -2.17. The van der Waals surface area contributed by atoms with Crippen molar-refractivity contribution >= 4 is 17.5 Å². The zero-order valence-electron chi connectivity index (χ0n) is 15.8. The van der Waals surface area contributed by atoms with Crippen LogP contribution >= 0.6 is 0 Å². The molecule has 3 aliphatic heterocycles. The van der Waals surface area contributed by atoms with Gasteiger partial charge in [-0.05, 0) is 24.6 Å². The first-order chi connectivity index (χ1) is 12.7. The summed E-state index contributed by atoms with van der Waals surface area (Å²) in [7, 11) is 1.43. The number of anilines is 1. The van der Waals surface area contributed by atoms with Crippen molar-refractivity contribution in [1.29, 1.82) is 0 Å². The van der Waals surface area contributed by atoms with Crippen LogP contribution in [0.4, 0.5) is 5.69 Å². The number of carbonyl (C=O) groups is 2. The highest BCUT2D eigenvalue weighted by atomic mass is 16.5. The fourth-order valence-electron chi connectivity index (χ4n) is 4.87. The fourth-order valence-corrected chi connectivity index (χ4v) is 4.87. The molecule has 1 saturated heterocycles. The van der Waals surface area contributed by atoms with Crippen LogP contribution < -0.4 is 10.4 Å². The third kappa shape index (κ3) is 1.66. The molecular weight excluding hydrogens is 346 g/mol. The maximum atomic E-state index is 13.2. The molecule has 2 amide bonds. The van der Waals surface area contributed by atoms with Gasteiger partial charge in [0.2, 0.25) is 11.7 Å². The van der Waals surface area contributed by atoms with E-state index in [1.807, 2.05) is 26.0 Å². The number of hydroxylamine groups is 1. The SMILES string of the molecule is C=CC(C)(C)[C@@]12C=C(OC)C(=O)N3[C@@H](C)C(=O)N[C@]31N(O)c1ccccc12. The Morgan fingerprint density at radius 3 is 2.63 bits per heavy atom. The highest BCUT2D eigenvalue weighted by Crippen LogP contribution is 2.64. The van der Waals surface area contributed by atoms with Crippen molar-refractivity contribution in [1.82, 2.24) is 10.2 Å². The molecule has 0 radical (unpaired) electrons. The molecule has 3 atom stereocenters. The van der Waals surface area contributed by atoms with E-state index in [0.717, 1.165) is 10.6 Å². The number of fused-ring (bicyclic) bond motifs is 2. The van der Waals surface area contributed by atoms with E-state index in [2.05, 4.69) is 11.9 Å². The van der Waals surface area contributed by atoms with Crippen molar-refractivity contribution in [2.24, 2.45) is 5.41 Å². The highest BCUT2D eigenvalue weighted by molar-refractivity contribution is 6.02. The van der Waals surface area contributed by atoms with Crippen LogP contribution in [0.3, 0.4) is 0 Å². The Bertz CT molecular complexity index is 908. The van der Waals surface area contributed by atoms with Gasteiger partial charge in [-0.25, -0.2) is 5.06 Å². The number of rotatable bonds is 3. The van der Waals surface area contributed by atoms with Crippen molar-refractivity contribution in [3.05, 3.63) is 54.3 Å². The van der Waals surface area contributed by atoms with Gasteiger partial charge in [0.05, 0.1) is 18.2 Å². The predicted molar refractivity (Wildman–Crippen MR) is 98.6 cm³/mol. The minimum Gasteiger partial charge on any atom is -0.491 e. The minimum absolute atomic E-state index is 0.133. The molecule has 4 rings (SSSR count). The van der Waals surface area contributed by atoms with E-state index in [9.17, 15) is 14.8 Å². The van der Waals surface area contributed by atoms with Crippen molar-refractivity contribution in [2.75, 3.05) is 12.2 Å². The van der Waals surface area contributed by atoms with E-state index >= 15 is 0 Å². The van der Waals surface area contributed by atoms with Gasteiger partial charge in [-0.15, -0.1) is 6.58 Å². The van der Waals surface area contributed by atoms with Gasteiger partial charge < -0.3 is 10.1 Å². The molecule has 0 aliphatic carbocycles. The quantitative estimate of drug-likeness (QED) is 0.795. The maximum absolute atomic E-state index is 13.2. The summed E-state index contributed by atoms with van der Waals surface area (Å²) < 4.78 is 5.41. The van der Waals surface area contributed by atoms with E-state index in [4.69, 9.17) is 4.74 Å². The first-order valence-electron chi connectivity index (χ1n) is 8.84. The molecule has 1 aromatic rings. The van der Waals surface area contributed by atoms with Gasteiger partial charge in [0.1, 0.15) is 6.04 Å². The predicted octanol–water partition coefficient (Wildman–Crippen LogP) is 1.89. The number of methoxy groups -OCH3 is 1. The van der Waals surface area contributed by atoms with Gasteiger partial charge in [0.15, 0.2) is 5.76 Å². The van der Waals surface area contributed by atoms with E-state index in [0.29, 0.717) is 5.69 Å². The Kier molecular flexibility index (Phi) is 3.35. The lowest BCUT2D eigenvalue weighted by Crippen LogP contribution is -2.76. The molecule has 27 heavy (non-hydrogen) atoms. The molecule has 0 unspecified atom stereocenters. The number of ether oxygens (including phenoxy) is 1. The number of allylic oxidation sites excluding steroid dienone is 1. The number of carbonyl (C=O) groups excluding carboxylic acids is 2. The van der Waals surface area contributed by atoms with Crippen LogP contribution in [0.5, 0.6) is 0 Å². The molecule has 1 fully saturated rings. The molecule has 3 aliphatic rings. The minimum atomic E-state index is -1.51. The Labute approximate surface area is 157 Å². The summed E-state index contributed by atoms with van der Waals surface area (Å²) in [4.78, 5) is 27.3. The van der Waals surface area contributed by atoms with Crippen LogP contribution in [0.15, 0.2) is 48.8 Å². The van der Waals surface area contributed by atoms with E-state index in [-0.39, 0.29) is 11.7 Å². The number of hydrogen-bond donors (Lipinski definition) is 2. The van der Waals surface area contributed by atoms with Gasteiger partial charge >= 0.3 is 0 Å². The summed E-state index contributed by atoms with van der Waals surface area (Å²) >= 11 is 0. The van der Waals surface area contributed by atoms with E-state index in [1.54, 1.807) is 31.2 Å². The van der Waals surface area contributed by atoms with Gasteiger partial charge in [0, 0.05) is 5.41 Å². The molecule has 7 heteroatoms. The average Bonchev–Trinajstić information content (AvgIpc) is 3.05. The molecule has 3 heterocycles. The molecule has 142 valence electrons. The fraction of sp³-hybridized carbons (Fsp3) is 0.400. The molecule has 1 aromatic carbocycles. The van der Waals surface area contributed by atoms with Gasteiger partial charge in [-0.3, -0.25) is 19.7 Å². The topological polar surface area (TPSA) is 82.1 Å². The van der Waals surface area contributed by atoms with Crippen molar-refractivity contribution in [3.63, 3.8) is 0 Å². The van der Waals surface area contributed by atoms with E-state index in [1.165, 1.54) is 12.0 Å². The first kappa shape index (κ1) is 17.6. The standard InChI is InChI=1S/C20H23N3O4/c1-6-18(3,4)19-11-15(27-5)17(25)22-12(2)16(24)21-20(19,22)23(26)14-10-8-7-9-13(14)19/h6-12,26H,1H2,2-5H3,(H,21,24)/t12-,19-,20-/m0/s1. The lowest BCUT2D eigenvalue weighted by Gasteiger charge is -2.56. The number of benzene rings is 1. The van der Waals surface area contributed by atoms with Crippen LogP contribution in [0.2, 0.25) is 0 Å². The number of nitrogens with one attached hydrogen (secondary N) is 1. The van der Waals surface area contributed by atoms with Crippen LogP contribution in [0.25, 0.3) is 0 Å². The molecule has 0 saturated carbocycles. The molecule has 0 bridgehead atoms. The molecule has 2 N–H and O–H groups in total. The number of hydrogen-bond acceptors (Lipinski definition) is 5. The second-order valence-corrected chi connectivity index (χ2v) is 7.79. The third-order valence-corrected chi connectivity index (χ3v) is 6.35. The van der Waals surface area contributed by atoms with Crippen molar-refractivity contribution < 1.29 is 19.5 Å². The summed E-state index contributed by atoms with van der Waals surface area (Å²) in [6.45, 7) is 9.56. The number of nitrogens with zero attached hydrogens (tertiary/aromatic N) is 2. The maximum Gasteiger partial charge on any atom is 0.292 e. The Balaban J connectivity index is 2.20. The molecule has 0 aromatic heterocycles. The third-order valence-electron chi connectivity index (χ3n) is 6.35. The van der Waals surface area contributed by atoms with Gasteiger partial charge in [0.25, 0.3) is 5.91 Å². The number of para-hydroxylation sites is 1. The lowest BCUT2D eigenvalue weighted by atomic mass is 9.57. The van der Waals surface area contributed by atoms with Crippen LogP contribution in [0.1, 0.15) is 26.3 Å².